The fourth-order valence-corrected chi connectivity index (χ4v) is 5.11. The normalized spacial score (nSPS) is 15.4. The Morgan fingerprint density at radius 3 is 2.57 bits per heavy atom. The largest absolute Gasteiger partial charge is 0.504 e. The Balaban J connectivity index is 1.98. The fraction of sp³-hybridized carbons (Fsp3) is 0.240. The molecule has 0 saturated heterocycles. The highest BCUT2D eigenvalue weighted by Gasteiger charge is 2.33. The van der Waals surface area contributed by atoms with Crippen LogP contribution in [0.1, 0.15) is 37.9 Å². The number of hydrogen-bond donors (Lipinski definition) is 1. The molecular weight excluding hydrogens is 522 g/mol. The van der Waals surface area contributed by atoms with Gasteiger partial charge in [0.15, 0.2) is 16.3 Å². The van der Waals surface area contributed by atoms with Crippen molar-refractivity contribution in [2.24, 2.45) is 4.99 Å². The number of ether oxygens (including phenoxy) is 2. The van der Waals surface area contributed by atoms with Gasteiger partial charge in [0, 0.05) is 16.7 Å². The molecule has 0 bridgehead atoms. The molecule has 1 atom stereocenters. The van der Waals surface area contributed by atoms with Crippen LogP contribution in [-0.4, -0.2) is 33.8 Å². The van der Waals surface area contributed by atoms with Crippen LogP contribution >= 0.6 is 22.9 Å². The molecule has 0 aliphatic carbocycles. The minimum Gasteiger partial charge on any atom is -0.504 e. The SMILES string of the molecule is COc1cc([N+](=O)[O-])cc(C=c2sc3n(c2=O)C(c2ccc(Cl)cc2)C(C(=O)OC(C)C)=C(C)N=3)c1O. The number of nitrogens with zero attached hydrogens (tertiary/aromatic N) is 3. The number of benzene rings is 2. The third-order valence-corrected chi connectivity index (χ3v) is 6.81. The fourth-order valence-electron chi connectivity index (χ4n) is 3.95. The number of carbonyl (C=O) groups excluding carboxylic acids is 1. The number of phenols is 1. The van der Waals surface area contributed by atoms with Crippen molar-refractivity contribution in [3.63, 3.8) is 0 Å². The standard InChI is InChI=1S/C25H22ClN3O7S/c1-12(2)36-24(32)20-13(3)27-25-28(21(20)14-5-7-16(26)8-6-14)23(31)19(37-25)10-15-9-17(29(33)34)11-18(35-4)22(15)30/h5-12,21,30H,1-4H3. The molecule has 2 aromatic carbocycles. The number of thiazole rings is 1. The maximum atomic E-state index is 13.7. The molecule has 37 heavy (non-hydrogen) atoms. The van der Waals surface area contributed by atoms with Gasteiger partial charge in [-0.15, -0.1) is 0 Å². The zero-order chi connectivity index (χ0) is 27.0. The zero-order valence-electron chi connectivity index (χ0n) is 20.2. The van der Waals surface area contributed by atoms with E-state index in [0.717, 1.165) is 23.5 Å². The summed E-state index contributed by atoms with van der Waals surface area (Å²) in [5.41, 5.74) is 0.405. The third-order valence-electron chi connectivity index (χ3n) is 5.58. The minimum atomic E-state index is -0.852. The topological polar surface area (TPSA) is 133 Å². The molecule has 4 rings (SSSR count). The van der Waals surface area contributed by atoms with Gasteiger partial charge in [-0.25, -0.2) is 9.79 Å². The number of esters is 1. The number of methoxy groups -OCH3 is 1. The van der Waals surface area contributed by atoms with Crippen molar-refractivity contribution >= 4 is 40.7 Å². The Bertz CT molecular complexity index is 1620. The summed E-state index contributed by atoms with van der Waals surface area (Å²) < 4.78 is 12.0. The lowest BCUT2D eigenvalue weighted by Crippen LogP contribution is -2.40. The van der Waals surface area contributed by atoms with Crippen LogP contribution in [0.2, 0.25) is 5.02 Å². The predicted octanol–water partition coefficient (Wildman–Crippen LogP) is 3.46. The van der Waals surface area contributed by atoms with E-state index >= 15 is 0 Å². The van der Waals surface area contributed by atoms with Crippen molar-refractivity contribution < 1.29 is 24.3 Å². The number of fused-ring (bicyclic) bond motifs is 1. The van der Waals surface area contributed by atoms with Gasteiger partial charge in [-0.2, -0.15) is 0 Å². The maximum Gasteiger partial charge on any atom is 0.338 e. The number of aromatic nitrogens is 1. The lowest BCUT2D eigenvalue weighted by molar-refractivity contribution is -0.385. The summed E-state index contributed by atoms with van der Waals surface area (Å²) in [6.45, 7) is 5.11. The summed E-state index contributed by atoms with van der Waals surface area (Å²) in [5, 5.41) is 22.4. The number of aromatic hydroxyl groups is 1. The van der Waals surface area contributed by atoms with E-state index in [1.807, 2.05) is 0 Å². The predicted molar refractivity (Wildman–Crippen MR) is 138 cm³/mol. The van der Waals surface area contributed by atoms with Crippen molar-refractivity contribution in [3.8, 4) is 11.5 Å². The molecular formula is C25H22ClN3O7S. The number of nitro benzene ring substituents is 1. The molecule has 1 N–H and O–H groups in total. The van der Waals surface area contributed by atoms with E-state index in [4.69, 9.17) is 21.1 Å². The van der Waals surface area contributed by atoms with E-state index in [9.17, 15) is 24.8 Å². The summed E-state index contributed by atoms with van der Waals surface area (Å²) in [7, 11) is 1.27. The molecule has 192 valence electrons. The van der Waals surface area contributed by atoms with E-state index in [2.05, 4.69) is 4.99 Å². The molecule has 0 fully saturated rings. The van der Waals surface area contributed by atoms with Gasteiger partial charge in [-0.3, -0.25) is 19.5 Å². The summed E-state index contributed by atoms with van der Waals surface area (Å²) in [6, 6.07) is 8.11. The van der Waals surface area contributed by atoms with E-state index in [-0.39, 0.29) is 32.9 Å². The van der Waals surface area contributed by atoms with Gasteiger partial charge in [-0.1, -0.05) is 35.1 Å². The van der Waals surface area contributed by atoms with Crippen molar-refractivity contribution in [1.82, 2.24) is 4.57 Å². The first-order valence-electron chi connectivity index (χ1n) is 11.1. The van der Waals surface area contributed by atoms with Gasteiger partial charge in [-0.05, 0) is 44.5 Å². The molecule has 0 radical (unpaired) electrons. The highest BCUT2D eigenvalue weighted by molar-refractivity contribution is 7.07. The van der Waals surface area contributed by atoms with E-state index in [0.29, 0.717) is 21.1 Å². The first-order chi connectivity index (χ1) is 17.5. The molecule has 1 aliphatic rings. The Labute approximate surface area is 219 Å². The number of carbonyl (C=O) groups is 1. The van der Waals surface area contributed by atoms with Crippen LogP contribution in [0.5, 0.6) is 11.5 Å². The molecule has 12 heteroatoms. The second-order valence-electron chi connectivity index (χ2n) is 8.43. The summed E-state index contributed by atoms with van der Waals surface area (Å²) >= 11 is 7.09. The molecule has 0 amide bonds. The molecule has 2 heterocycles. The summed E-state index contributed by atoms with van der Waals surface area (Å²) in [6.07, 6.45) is 0.939. The maximum absolute atomic E-state index is 13.7. The van der Waals surface area contributed by atoms with E-state index < -0.39 is 28.6 Å². The van der Waals surface area contributed by atoms with Gasteiger partial charge in [0.25, 0.3) is 11.2 Å². The van der Waals surface area contributed by atoms with Crippen LogP contribution in [-0.2, 0) is 9.53 Å². The first-order valence-corrected chi connectivity index (χ1v) is 12.3. The number of non-ortho nitro benzene ring substituents is 1. The number of rotatable bonds is 6. The number of halogens is 1. The highest BCUT2D eigenvalue weighted by atomic mass is 35.5. The van der Waals surface area contributed by atoms with Crippen LogP contribution in [0.4, 0.5) is 5.69 Å². The second-order valence-corrected chi connectivity index (χ2v) is 9.88. The monoisotopic (exact) mass is 543 g/mol. The summed E-state index contributed by atoms with van der Waals surface area (Å²) in [4.78, 5) is 42.3. The highest BCUT2D eigenvalue weighted by Crippen LogP contribution is 2.35. The Hall–Kier alpha value is -3.96. The van der Waals surface area contributed by atoms with Crippen molar-refractivity contribution in [2.45, 2.75) is 32.9 Å². The van der Waals surface area contributed by atoms with Gasteiger partial charge < -0.3 is 14.6 Å². The van der Waals surface area contributed by atoms with Gasteiger partial charge in [0.2, 0.25) is 0 Å². The van der Waals surface area contributed by atoms with E-state index in [1.165, 1.54) is 17.8 Å². The van der Waals surface area contributed by atoms with Crippen LogP contribution in [0.3, 0.4) is 0 Å². The van der Waals surface area contributed by atoms with Crippen LogP contribution < -0.4 is 19.6 Å². The molecule has 1 aromatic heterocycles. The van der Waals surface area contributed by atoms with Gasteiger partial charge >= 0.3 is 5.97 Å². The lowest BCUT2D eigenvalue weighted by Gasteiger charge is -2.25. The van der Waals surface area contributed by atoms with Crippen LogP contribution in [0, 0.1) is 10.1 Å². The van der Waals surface area contributed by atoms with E-state index in [1.54, 1.807) is 45.0 Å². The Kier molecular flexibility index (Phi) is 7.19. The van der Waals surface area contributed by atoms with Gasteiger partial charge in [0.1, 0.15) is 0 Å². The van der Waals surface area contributed by atoms with Crippen LogP contribution in [0.15, 0.2) is 57.5 Å². The number of nitro groups is 1. The number of phenolic OH excluding ortho intramolecular Hbond substituents is 1. The van der Waals surface area contributed by atoms with Gasteiger partial charge in [0.05, 0.1) is 46.0 Å². The Morgan fingerprint density at radius 2 is 1.97 bits per heavy atom. The molecule has 0 saturated carbocycles. The van der Waals surface area contributed by atoms with Crippen molar-refractivity contribution in [3.05, 3.63) is 93.6 Å². The second kappa shape index (κ2) is 10.2. The minimum absolute atomic E-state index is 0.0227. The smallest absolute Gasteiger partial charge is 0.338 e. The zero-order valence-corrected chi connectivity index (χ0v) is 21.8. The average Bonchev–Trinajstić information content (AvgIpc) is 3.13. The van der Waals surface area contributed by atoms with Crippen molar-refractivity contribution in [1.29, 1.82) is 0 Å². The van der Waals surface area contributed by atoms with Crippen LogP contribution in [0.25, 0.3) is 6.08 Å². The quantitative estimate of drug-likeness (QED) is 0.286. The number of allylic oxidation sites excluding steroid dienone is 1. The molecule has 10 nitrogen and oxygen atoms in total. The molecule has 3 aromatic rings. The molecule has 1 aliphatic heterocycles. The summed E-state index contributed by atoms with van der Waals surface area (Å²) in [5.74, 6) is -1.07. The third kappa shape index (κ3) is 5.00. The number of hydrogen-bond acceptors (Lipinski definition) is 9. The first kappa shape index (κ1) is 26.1. The average molecular weight is 544 g/mol. The lowest BCUT2D eigenvalue weighted by atomic mass is 9.96. The van der Waals surface area contributed by atoms with Crippen molar-refractivity contribution in [2.75, 3.05) is 7.11 Å². The Morgan fingerprint density at radius 1 is 1.30 bits per heavy atom. The molecule has 0 spiro atoms. The molecule has 1 unspecified atom stereocenters.